The number of nitro benzene ring substituents is 1. The Labute approximate surface area is 391 Å². The van der Waals surface area contributed by atoms with E-state index >= 15 is 0 Å². The van der Waals surface area contributed by atoms with E-state index in [-0.39, 0.29) is 50.8 Å². The van der Waals surface area contributed by atoms with Gasteiger partial charge in [-0.15, -0.1) is 0 Å². The number of nitrogens with zero attached hydrogens (tertiary/aromatic N) is 4. The summed E-state index contributed by atoms with van der Waals surface area (Å²) in [6.45, 7) is 14.3. The molecule has 0 unspecified atom stereocenters. The number of amides is 1. The van der Waals surface area contributed by atoms with Crippen LogP contribution >= 0.6 is 0 Å². The molecule has 354 valence electrons. The standard InChI is InChI=1S/C51H60FN7O7S/c1-5-42-47(27-40-41(52)29-54-48(40)55-42)66-46-25-34(57-23-21-51(22-24-57)30-58(31-51)44-12-8-11-38(44)37-10-7-6-9-36(37)32(2)3)13-15-39(46)49(60)56-67(64,65)35-14-16-43(45(26-35)59(62)63)53-28-33-17-19-50(4,61)20-18-33/h5-7,9-10,13-16,25-27,29,32-33,38,44,53,61H,1,8,11-12,17-24,28,30-31H2,2-4H3,(H,54,55)(H,56,60)/t33?,38-,44-,50?/m1/s1. The number of carbonyl (C=O) groups is 1. The van der Waals surface area contributed by atoms with E-state index in [9.17, 15) is 32.8 Å². The number of benzene rings is 3. The summed E-state index contributed by atoms with van der Waals surface area (Å²) < 4.78 is 51.0. The van der Waals surface area contributed by atoms with E-state index in [1.165, 1.54) is 66.9 Å². The highest BCUT2D eigenvalue weighted by molar-refractivity contribution is 7.90. The Bertz CT molecular complexity index is 2800. The average Bonchev–Trinajstić information content (AvgIpc) is 3.93. The highest BCUT2D eigenvalue weighted by Crippen LogP contribution is 2.49. The van der Waals surface area contributed by atoms with Gasteiger partial charge in [0.1, 0.15) is 28.6 Å². The van der Waals surface area contributed by atoms with Crippen LogP contribution in [0.5, 0.6) is 11.5 Å². The fraction of sp³-hybridized carbons (Fsp3) is 0.451. The van der Waals surface area contributed by atoms with Crippen LogP contribution in [-0.4, -0.2) is 83.6 Å². The molecule has 14 nitrogen and oxygen atoms in total. The van der Waals surface area contributed by atoms with E-state index in [2.05, 4.69) is 74.5 Å². The first kappa shape index (κ1) is 46.3. The van der Waals surface area contributed by atoms with Crippen LogP contribution in [0.3, 0.4) is 0 Å². The third-order valence-electron chi connectivity index (χ3n) is 14.9. The molecule has 2 saturated carbocycles. The zero-order valence-corrected chi connectivity index (χ0v) is 39.2. The summed E-state index contributed by atoms with van der Waals surface area (Å²) in [4.78, 5) is 37.3. The van der Waals surface area contributed by atoms with Crippen LogP contribution in [0.4, 0.5) is 21.5 Å². The van der Waals surface area contributed by atoms with Crippen LogP contribution in [0.2, 0.25) is 0 Å². The minimum Gasteiger partial charge on any atom is -0.454 e. The molecule has 4 N–H and O–H groups in total. The molecule has 16 heteroatoms. The lowest BCUT2D eigenvalue weighted by Crippen LogP contribution is -2.63. The van der Waals surface area contributed by atoms with E-state index in [4.69, 9.17) is 4.74 Å². The van der Waals surface area contributed by atoms with Crippen molar-refractivity contribution in [3.63, 3.8) is 0 Å². The lowest BCUT2D eigenvalue weighted by Gasteiger charge is -2.57. The van der Waals surface area contributed by atoms with Crippen LogP contribution in [0.15, 0.2) is 84.4 Å². The number of sulfonamides is 1. The first-order valence-electron chi connectivity index (χ1n) is 23.5. The second-order valence-corrected chi connectivity index (χ2v) is 21.5. The monoisotopic (exact) mass is 933 g/mol. The zero-order valence-electron chi connectivity index (χ0n) is 38.4. The minimum atomic E-state index is -4.65. The number of aromatic nitrogens is 2. The van der Waals surface area contributed by atoms with Crippen molar-refractivity contribution in [1.29, 1.82) is 0 Å². The van der Waals surface area contributed by atoms with E-state index < -0.39 is 42.9 Å². The number of ether oxygens (including phenoxy) is 1. The Kier molecular flexibility index (Phi) is 12.7. The van der Waals surface area contributed by atoms with Gasteiger partial charge in [0.15, 0.2) is 5.75 Å². The van der Waals surface area contributed by atoms with Gasteiger partial charge in [-0.05, 0) is 129 Å². The lowest BCUT2D eigenvalue weighted by atomic mass is 9.70. The Morgan fingerprint density at radius 3 is 2.51 bits per heavy atom. The maximum absolute atomic E-state index is 14.8. The second-order valence-electron chi connectivity index (χ2n) is 19.9. The Morgan fingerprint density at radius 2 is 1.79 bits per heavy atom. The van der Waals surface area contributed by atoms with Crippen molar-refractivity contribution in [3.05, 3.63) is 118 Å². The Morgan fingerprint density at radius 1 is 1.04 bits per heavy atom. The quantitative estimate of drug-likeness (QED) is 0.0614. The van der Waals surface area contributed by atoms with Crippen LogP contribution in [0, 0.1) is 27.3 Å². The molecule has 0 radical (unpaired) electrons. The molecule has 1 amide bonds. The number of nitro groups is 1. The van der Waals surface area contributed by atoms with Crippen molar-refractivity contribution in [2.75, 3.05) is 42.9 Å². The topological polar surface area (TPSA) is 183 Å². The molecule has 2 saturated heterocycles. The smallest absolute Gasteiger partial charge is 0.293 e. The van der Waals surface area contributed by atoms with Crippen LogP contribution < -0.4 is 19.7 Å². The highest BCUT2D eigenvalue weighted by Gasteiger charge is 2.49. The zero-order chi connectivity index (χ0) is 47.3. The molecular formula is C51H60FN7O7S. The molecule has 2 aliphatic carbocycles. The predicted molar refractivity (Wildman–Crippen MR) is 258 cm³/mol. The van der Waals surface area contributed by atoms with Crippen molar-refractivity contribution in [2.45, 2.75) is 107 Å². The highest BCUT2D eigenvalue weighted by atomic mass is 32.2. The van der Waals surface area contributed by atoms with Gasteiger partial charge in [-0.1, -0.05) is 51.1 Å². The Hall–Kier alpha value is -5.84. The van der Waals surface area contributed by atoms with Crippen molar-refractivity contribution < 1.29 is 32.4 Å². The molecule has 2 aromatic heterocycles. The van der Waals surface area contributed by atoms with Gasteiger partial charge in [0, 0.05) is 62.8 Å². The first-order chi connectivity index (χ1) is 32.0. The summed E-state index contributed by atoms with van der Waals surface area (Å²) >= 11 is 0. The average molecular weight is 934 g/mol. The van der Waals surface area contributed by atoms with Gasteiger partial charge in [-0.3, -0.25) is 19.8 Å². The third kappa shape index (κ3) is 9.53. The molecule has 5 aromatic rings. The maximum Gasteiger partial charge on any atom is 0.293 e. The molecule has 3 aromatic carbocycles. The molecule has 9 rings (SSSR count). The van der Waals surface area contributed by atoms with Gasteiger partial charge >= 0.3 is 0 Å². The number of anilines is 2. The number of piperidine rings is 1. The largest absolute Gasteiger partial charge is 0.454 e. The number of hydrogen-bond donors (Lipinski definition) is 4. The van der Waals surface area contributed by atoms with Crippen LogP contribution in [-0.2, 0) is 10.0 Å². The third-order valence-corrected chi connectivity index (χ3v) is 16.3. The first-order valence-corrected chi connectivity index (χ1v) is 25.0. The summed E-state index contributed by atoms with van der Waals surface area (Å²) in [6.07, 6.45) is 11.0. The van der Waals surface area contributed by atoms with Crippen molar-refractivity contribution >= 4 is 50.1 Å². The summed E-state index contributed by atoms with van der Waals surface area (Å²) in [7, 11) is -4.65. The second kappa shape index (κ2) is 18.3. The van der Waals surface area contributed by atoms with E-state index in [1.54, 1.807) is 19.1 Å². The number of aliphatic hydroxyl groups is 1. The molecule has 0 bridgehead atoms. The van der Waals surface area contributed by atoms with Gasteiger partial charge < -0.3 is 25.0 Å². The summed E-state index contributed by atoms with van der Waals surface area (Å²) in [5, 5.41) is 25.8. The van der Waals surface area contributed by atoms with E-state index in [0.29, 0.717) is 37.3 Å². The number of carbonyl (C=O) groups excluding carboxylic acids is 1. The fourth-order valence-electron chi connectivity index (χ4n) is 11.0. The minimum absolute atomic E-state index is 0.00390. The van der Waals surface area contributed by atoms with Crippen molar-refractivity contribution in [3.8, 4) is 11.5 Å². The van der Waals surface area contributed by atoms with Gasteiger partial charge in [0.2, 0.25) is 0 Å². The predicted octanol–water partition coefficient (Wildman–Crippen LogP) is 9.88. The SMILES string of the molecule is C=Cc1nc2[nH]cc(F)c2cc1Oc1cc(N2CCC3(CC2)CN([C@@H]2CCC[C@@H]2c2ccccc2C(C)C)C3)ccc1C(=O)NS(=O)(=O)c1ccc(NCC2CCC(C)(O)CC2)c([N+](=O)[O-])c1. The number of aromatic amines is 1. The molecule has 2 aliphatic heterocycles. The van der Waals surface area contributed by atoms with Gasteiger partial charge in [0.25, 0.3) is 21.6 Å². The summed E-state index contributed by atoms with van der Waals surface area (Å²) in [6, 6.07) is 19.3. The van der Waals surface area contributed by atoms with Crippen LogP contribution in [0.1, 0.15) is 118 Å². The maximum atomic E-state index is 14.8. The van der Waals surface area contributed by atoms with E-state index in [1.807, 2.05) is 0 Å². The lowest BCUT2D eigenvalue weighted by molar-refractivity contribution is -0.384. The molecule has 1 spiro atoms. The number of pyridine rings is 1. The summed E-state index contributed by atoms with van der Waals surface area (Å²) in [5.74, 6) is -0.277. The number of fused-ring (bicyclic) bond motifs is 1. The Balaban J connectivity index is 0.928. The number of halogens is 1. The summed E-state index contributed by atoms with van der Waals surface area (Å²) in [5.41, 5.74) is 3.31. The van der Waals surface area contributed by atoms with E-state index in [0.717, 1.165) is 63.6 Å². The molecular weight excluding hydrogens is 874 g/mol. The normalized spacial score (nSPS) is 23.0. The van der Waals surface area contributed by atoms with Gasteiger partial charge in [-0.2, -0.15) is 0 Å². The molecule has 4 heterocycles. The van der Waals surface area contributed by atoms with Gasteiger partial charge in [-0.25, -0.2) is 22.5 Å². The van der Waals surface area contributed by atoms with Gasteiger partial charge in [0.05, 0.1) is 26.4 Å². The number of hydrogen-bond acceptors (Lipinski definition) is 11. The van der Waals surface area contributed by atoms with Crippen molar-refractivity contribution in [1.82, 2.24) is 19.6 Å². The number of likely N-dealkylation sites (tertiary alicyclic amines) is 1. The van der Waals surface area contributed by atoms with Crippen LogP contribution in [0.25, 0.3) is 17.1 Å². The molecule has 2 atom stereocenters. The molecule has 67 heavy (non-hydrogen) atoms. The van der Waals surface area contributed by atoms with Crippen molar-refractivity contribution in [2.24, 2.45) is 11.3 Å². The molecule has 4 fully saturated rings. The number of nitrogens with one attached hydrogen (secondary N) is 3. The molecule has 4 aliphatic rings. The fourth-order valence-corrected chi connectivity index (χ4v) is 12.0. The number of H-pyrrole nitrogens is 1. The number of rotatable bonds is 14.